The Hall–Kier alpha value is -1.62. The molecule has 1 aromatic carbocycles. The summed E-state index contributed by atoms with van der Waals surface area (Å²) in [6.07, 6.45) is 1.33. The van der Waals surface area contributed by atoms with Crippen LogP contribution in [0.3, 0.4) is 0 Å². The molecule has 1 rings (SSSR count). The van der Waals surface area contributed by atoms with Gasteiger partial charge < -0.3 is 15.2 Å². The van der Waals surface area contributed by atoms with Crippen molar-refractivity contribution in [3.05, 3.63) is 35.6 Å². The molecule has 0 bridgehead atoms. The lowest BCUT2D eigenvalue weighted by Gasteiger charge is -2.32. The third kappa shape index (κ3) is 6.57. The first-order valence-electron chi connectivity index (χ1n) is 8.02. The molecule has 0 aromatic heterocycles. The molecule has 0 saturated heterocycles. The van der Waals surface area contributed by atoms with Crippen LogP contribution in [0, 0.1) is 11.2 Å². The van der Waals surface area contributed by atoms with Crippen molar-refractivity contribution in [3.8, 4) is 0 Å². The number of aliphatic hydroxyl groups excluding tert-OH is 1. The van der Waals surface area contributed by atoms with E-state index in [1.54, 1.807) is 39.0 Å². The Balaban J connectivity index is 2.82. The predicted octanol–water partition coefficient (Wildman–Crippen LogP) is 3.67. The lowest BCUT2D eigenvalue weighted by molar-refractivity contribution is 0.0454. The van der Waals surface area contributed by atoms with Crippen LogP contribution in [0.5, 0.6) is 0 Å². The lowest BCUT2D eigenvalue weighted by atomic mass is 9.78. The van der Waals surface area contributed by atoms with Gasteiger partial charge in [-0.2, -0.15) is 0 Å². The summed E-state index contributed by atoms with van der Waals surface area (Å²) >= 11 is 0. The van der Waals surface area contributed by atoms with Gasteiger partial charge in [-0.25, -0.2) is 9.18 Å². The fourth-order valence-corrected chi connectivity index (χ4v) is 2.58. The van der Waals surface area contributed by atoms with Gasteiger partial charge in [-0.1, -0.05) is 31.5 Å². The van der Waals surface area contributed by atoms with E-state index in [9.17, 15) is 14.3 Å². The molecule has 0 spiro atoms. The number of benzene rings is 1. The van der Waals surface area contributed by atoms with E-state index in [0.717, 1.165) is 6.42 Å². The van der Waals surface area contributed by atoms with Crippen molar-refractivity contribution in [2.75, 3.05) is 13.2 Å². The minimum Gasteiger partial charge on any atom is -0.444 e. The molecule has 1 atom stereocenters. The van der Waals surface area contributed by atoms with Gasteiger partial charge in [-0.15, -0.1) is 0 Å². The zero-order chi connectivity index (χ0) is 17.5. The summed E-state index contributed by atoms with van der Waals surface area (Å²) in [4.78, 5) is 11.9. The Morgan fingerprint density at radius 2 is 1.96 bits per heavy atom. The van der Waals surface area contributed by atoms with Crippen LogP contribution in [0.1, 0.15) is 46.1 Å². The molecule has 23 heavy (non-hydrogen) atoms. The molecule has 1 aromatic rings. The van der Waals surface area contributed by atoms with Crippen LogP contribution in [-0.4, -0.2) is 30.0 Å². The number of alkyl carbamates (subject to hydrolysis) is 1. The Morgan fingerprint density at radius 1 is 1.30 bits per heavy atom. The van der Waals surface area contributed by atoms with Gasteiger partial charge in [0.15, 0.2) is 0 Å². The highest BCUT2D eigenvalue weighted by Crippen LogP contribution is 2.29. The zero-order valence-electron chi connectivity index (χ0n) is 14.5. The van der Waals surface area contributed by atoms with Crippen LogP contribution in [0.2, 0.25) is 0 Å². The summed E-state index contributed by atoms with van der Waals surface area (Å²) in [6, 6.07) is 6.53. The summed E-state index contributed by atoms with van der Waals surface area (Å²) in [7, 11) is 0. The maximum absolute atomic E-state index is 13.9. The van der Waals surface area contributed by atoms with Crippen molar-refractivity contribution in [3.63, 3.8) is 0 Å². The van der Waals surface area contributed by atoms with Gasteiger partial charge in [-0.3, -0.25) is 0 Å². The number of halogens is 1. The number of hydrogen-bond donors (Lipinski definition) is 2. The van der Waals surface area contributed by atoms with Gasteiger partial charge in [0.1, 0.15) is 11.4 Å². The van der Waals surface area contributed by atoms with Crippen LogP contribution >= 0.6 is 0 Å². The average Bonchev–Trinajstić information content (AvgIpc) is 2.45. The fraction of sp³-hybridized carbons (Fsp3) is 0.611. The summed E-state index contributed by atoms with van der Waals surface area (Å²) in [6.45, 7) is 7.47. The molecule has 0 aliphatic rings. The molecular weight excluding hydrogens is 297 g/mol. The molecule has 4 nitrogen and oxygen atoms in total. The SMILES string of the molecule is CCCC(CO)(CNC(=O)OC(C)(C)C)Cc1ccccc1F. The van der Waals surface area contributed by atoms with Crippen molar-refractivity contribution in [1.29, 1.82) is 0 Å². The minimum atomic E-state index is -0.603. The number of ether oxygens (including phenoxy) is 1. The molecule has 1 unspecified atom stereocenters. The van der Waals surface area contributed by atoms with E-state index in [0.29, 0.717) is 18.4 Å². The summed E-state index contributed by atoms with van der Waals surface area (Å²) < 4.78 is 19.1. The van der Waals surface area contributed by atoms with E-state index >= 15 is 0 Å². The van der Waals surface area contributed by atoms with Crippen LogP contribution in [0.15, 0.2) is 24.3 Å². The lowest BCUT2D eigenvalue weighted by Crippen LogP contribution is -2.43. The third-order valence-electron chi connectivity index (χ3n) is 3.65. The largest absolute Gasteiger partial charge is 0.444 e. The highest BCUT2D eigenvalue weighted by Gasteiger charge is 2.31. The molecule has 0 radical (unpaired) electrons. The molecule has 0 heterocycles. The first-order chi connectivity index (χ1) is 10.7. The van der Waals surface area contributed by atoms with E-state index < -0.39 is 17.1 Å². The Bertz CT molecular complexity index is 513. The molecular formula is C18H28FNO3. The van der Waals surface area contributed by atoms with E-state index in [1.807, 2.05) is 6.92 Å². The molecule has 1 amide bonds. The number of carbonyl (C=O) groups excluding carboxylic acids is 1. The summed E-state index contributed by atoms with van der Waals surface area (Å²) in [5.74, 6) is -0.293. The standard InChI is InChI=1S/C18H28FNO3/c1-5-10-18(13-21,11-14-8-6-7-9-15(14)19)12-20-16(22)23-17(2,3)4/h6-9,21H,5,10-13H2,1-4H3,(H,20,22). The first-order valence-corrected chi connectivity index (χ1v) is 8.02. The highest BCUT2D eigenvalue weighted by atomic mass is 19.1. The summed E-state index contributed by atoms with van der Waals surface area (Å²) in [5.41, 5.74) is -0.642. The van der Waals surface area contributed by atoms with Crippen LogP contribution in [-0.2, 0) is 11.2 Å². The molecule has 130 valence electrons. The van der Waals surface area contributed by atoms with Gasteiger partial charge in [0, 0.05) is 12.0 Å². The number of nitrogens with one attached hydrogen (secondary N) is 1. The average molecular weight is 325 g/mol. The summed E-state index contributed by atoms with van der Waals surface area (Å²) in [5, 5.41) is 12.6. The predicted molar refractivity (Wildman–Crippen MR) is 88.8 cm³/mol. The fourth-order valence-electron chi connectivity index (χ4n) is 2.58. The maximum atomic E-state index is 13.9. The number of amides is 1. The number of rotatable bonds is 7. The second kappa shape index (κ2) is 8.29. The van der Waals surface area contributed by atoms with Crippen molar-refractivity contribution in [2.45, 2.75) is 52.6 Å². The van der Waals surface area contributed by atoms with Crippen LogP contribution in [0.25, 0.3) is 0 Å². The maximum Gasteiger partial charge on any atom is 0.407 e. The zero-order valence-corrected chi connectivity index (χ0v) is 14.5. The van der Waals surface area contributed by atoms with Gasteiger partial charge in [-0.05, 0) is 45.2 Å². The molecule has 2 N–H and O–H groups in total. The molecule has 0 aliphatic carbocycles. The second-order valence-electron chi connectivity index (χ2n) is 7.03. The molecule has 0 fully saturated rings. The monoisotopic (exact) mass is 325 g/mol. The minimum absolute atomic E-state index is 0.134. The van der Waals surface area contributed by atoms with Crippen molar-refractivity contribution in [2.24, 2.45) is 5.41 Å². The van der Waals surface area contributed by atoms with E-state index in [-0.39, 0.29) is 19.0 Å². The molecule has 5 heteroatoms. The van der Waals surface area contributed by atoms with E-state index in [1.165, 1.54) is 6.07 Å². The topological polar surface area (TPSA) is 58.6 Å². The normalized spacial score (nSPS) is 14.2. The first kappa shape index (κ1) is 19.4. The highest BCUT2D eigenvalue weighted by molar-refractivity contribution is 5.67. The van der Waals surface area contributed by atoms with Gasteiger partial charge in [0.2, 0.25) is 0 Å². The Morgan fingerprint density at radius 3 is 2.48 bits per heavy atom. The van der Waals surface area contributed by atoms with E-state index in [4.69, 9.17) is 4.74 Å². The smallest absolute Gasteiger partial charge is 0.407 e. The van der Waals surface area contributed by atoms with Crippen molar-refractivity contribution < 1.29 is 19.0 Å². The quantitative estimate of drug-likeness (QED) is 0.804. The van der Waals surface area contributed by atoms with E-state index in [2.05, 4.69) is 5.32 Å². The second-order valence-corrected chi connectivity index (χ2v) is 7.03. The van der Waals surface area contributed by atoms with Crippen molar-refractivity contribution >= 4 is 6.09 Å². The third-order valence-corrected chi connectivity index (χ3v) is 3.65. The van der Waals surface area contributed by atoms with Crippen LogP contribution in [0.4, 0.5) is 9.18 Å². The van der Waals surface area contributed by atoms with Gasteiger partial charge >= 0.3 is 6.09 Å². The van der Waals surface area contributed by atoms with Gasteiger partial charge in [0.25, 0.3) is 0 Å². The molecule has 0 saturated carbocycles. The van der Waals surface area contributed by atoms with Gasteiger partial charge in [0.05, 0.1) is 6.61 Å². The Labute approximate surface area is 138 Å². The number of hydrogen-bond acceptors (Lipinski definition) is 3. The van der Waals surface area contributed by atoms with Crippen LogP contribution < -0.4 is 5.32 Å². The molecule has 0 aliphatic heterocycles. The number of carbonyl (C=O) groups is 1. The Kier molecular flexibility index (Phi) is 7.01. The van der Waals surface area contributed by atoms with Crippen molar-refractivity contribution in [1.82, 2.24) is 5.32 Å². The number of aliphatic hydroxyl groups is 1.